The molecule has 1 amide bonds. The number of fused-ring (bicyclic) bond motifs is 2. The van der Waals surface area contributed by atoms with Gasteiger partial charge in [-0.15, -0.1) is 0 Å². The highest BCUT2D eigenvalue weighted by Crippen LogP contribution is 2.32. The lowest BCUT2D eigenvalue weighted by molar-refractivity contribution is -0.127. The molecule has 0 N–H and O–H groups in total. The fourth-order valence-electron chi connectivity index (χ4n) is 3.27. The van der Waals surface area contributed by atoms with Crippen molar-refractivity contribution < 1.29 is 19.0 Å². The summed E-state index contributed by atoms with van der Waals surface area (Å²) < 4.78 is 20.2. The first-order valence-electron chi connectivity index (χ1n) is 9.26. The molecule has 0 fully saturated rings. The largest absolute Gasteiger partial charge is 0.495 e. The van der Waals surface area contributed by atoms with Crippen LogP contribution in [0.5, 0.6) is 17.2 Å². The summed E-state index contributed by atoms with van der Waals surface area (Å²) in [6, 6.07) is 11.3. The maximum absolute atomic E-state index is 12.8. The van der Waals surface area contributed by atoms with E-state index in [0.717, 1.165) is 34.5 Å². The van der Waals surface area contributed by atoms with Crippen LogP contribution in [-0.2, 0) is 11.3 Å². The molecule has 1 aliphatic heterocycles. The topological polar surface area (TPSA) is 62.1 Å². The second kappa shape index (κ2) is 7.67. The van der Waals surface area contributed by atoms with E-state index in [1.807, 2.05) is 30.3 Å². The molecule has 1 unspecified atom stereocenters. The molecule has 1 atom stereocenters. The van der Waals surface area contributed by atoms with Gasteiger partial charge in [0, 0.05) is 6.54 Å². The summed E-state index contributed by atoms with van der Waals surface area (Å²) >= 11 is 1.50. The zero-order valence-electron chi connectivity index (χ0n) is 16.1. The number of hydrogen-bond donors (Lipinski definition) is 0. The quantitative estimate of drug-likeness (QED) is 0.672. The lowest BCUT2D eigenvalue weighted by Crippen LogP contribution is -2.36. The van der Waals surface area contributed by atoms with Gasteiger partial charge in [-0.05, 0) is 37.1 Å². The highest BCUT2D eigenvalue weighted by molar-refractivity contribution is 7.16. The lowest BCUT2D eigenvalue weighted by Gasteiger charge is -2.23. The van der Waals surface area contributed by atoms with E-state index in [0.29, 0.717) is 16.3 Å². The van der Waals surface area contributed by atoms with Crippen LogP contribution in [0.2, 0.25) is 0 Å². The number of nitrogens with zero attached hydrogens (tertiary/aromatic N) is 2. The Labute approximate surface area is 167 Å². The predicted octanol–water partition coefficient (Wildman–Crippen LogP) is 3.70. The standard InChI is InChI=1S/C21H22N2O4S/c1-4-11-23-18-16(25-3)10-9-13(2)19(18)28-21(23)22-20(24)17-12-26-14-7-5-6-8-15(14)27-17/h5-10,17H,4,11-12H2,1-3H3. The van der Waals surface area contributed by atoms with Crippen LogP contribution in [0.25, 0.3) is 10.2 Å². The van der Waals surface area contributed by atoms with Crippen molar-refractivity contribution >= 4 is 27.5 Å². The normalized spacial score (nSPS) is 16.4. The fraction of sp³-hybridized carbons (Fsp3) is 0.333. The SMILES string of the molecule is CCCn1c(=NC(=O)C2COc3ccccc3O2)sc2c(C)ccc(OC)c21. The predicted molar refractivity (Wildman–Crippen MR) is 108 cm³/mol. The summed E-state index contributed by atoms with van der Waals surface area (Å²) in [7, 11) is 1.66. The van der Waals surface area contributed by atoms with Crippen molar-refractivity contribution in [2.75, 3.05) is 13.7 Å². The molecule has 0 spiro atoms. The van der Waals surface area contributed by atoms with Gasteiger partial charge in [0.25, 0.3) is 5.91 Å². The van der Waals surface area contributed by atoms with Crippen LogP contribution in [0.3, 0.4) is 0 Å². The van der Waals surface area contributed by atoms with Crippen LogP contribution < -0.4 is 19.0 Å². The number of carbonyl (C=O) groups is 1. The second-order valence-electron chi connectivity index (χ2n) is 6.61. The van der Waals surface area contributed by atoms with Gasteiger partial charge in [-0.1, -0.05) is 36.5 Å². The molecule has 28 heavy (non-hydrogen) atoms. The van der Waals surface area contributed by atoms with Gasteiger partial charge in [0.2, 0.25) is 6.10 Å². The van der Waals surface area contributed by atoms with E-state index >= 15 is 0 Å². The third-order valence-electron chi connectivity index (χ3n) is 4.64. The van der Waals surface area contributed by atoms with Crippen LogP contribution >= 0.6 is 11.3 Å². The van der Waals surface area contributed by atoms with Crippen molar-refractivity contribution in [2.45, 2.75) is 32.9 Å². The second-order valence-corrected chi connectivity index (χ2v) is 7.59. The number of carbonyl (C=O) groups excluding carboxylic acids is 1. The van der Waals surface area contributed by atoms with E-state index in [1.165, 1.54) is 11.3 Å². The van der Waals surface area contributed by atoms with Gasteiger partial charge in [0.1, 0.15) is 17.9 Å². The summed E-state index contributed by atoms with van der Waals surface area (Å²) in [5.74, 6) is 1.65. The molecule has 3 aromatic rings. The van der Waals surface area contributed by atoms with Crippen molar-refractivity contribution in [3.63, 3.8) is 0 Å². The molecule has 0 radical (unpaired) electrons. The number of ether oxygens (including phenoxy) is 3. The Bertz CT molecular complexity index is 1100. The summed E-state index contributed by atoms with van der Waals surface area (Å²) in [4.78, 5) is 17.9. The molecule has 1 aliphatic rings. The van der Waals surface area contributed by atoms with E-state index < -0.39 is 6.10 Å². The number of hydrogen-bond acceptors (Lipinski definition) is 5. The minimum atomic E-state index is -0.752. The zero-order chi connectivity index (χ0) is 19.7. The van der Waals surface area contributed by atoms with Crippen LogP contribution in [0.15, 0.2) is 41.4 Å². The van der Waals surface area contributed by atoms with Crippen molar-refractivity contribution in [3.8, 4) is 17.2 Å². The van der Waals surface area contributed by atoms with Crippen molar-refractivity contribution in [1.82, 2.24) is 4.57 Å². The molecule has 0 saturated carbocycles. The third-order valence-corrected chi connectivity index (χ3v) is 5.86. The fourth-order valence-corrected chi connectivity index (χ4v) is 4.41. The van der Waals surface area contributed by atoms with E-state index in [4.69, 9.17) is 14.2 Å². The number of methoxy groups -OCH3 is 1. The summed E-state index contributed by atoms with van der Waals surface area (Å²) in [5.41, 5.74) is 2.11. The minimum absolute atomic E-state index is 0.153. The number of aryl methyl sites for hydroxylation is 2. The molecule has 0 saturated heterocycles. The van der Waals surface area contributed by atoms with Crippen molar-refractivity contribution in [2.24, 2.45) is 4.99 Å². The Kier molecular flexibility index (Phi) is 5.09. The summed E-state index contributed by atoms with van der Waals surface area (Å²) in [5, 5.41) is 0. The van der Waals surface area contributed by atoms with Crippen LogP contribution in [0, 0.1) is 6.92 Å². The number of amides is 1. The van der Waals surface area contributed by atoms with Gasteiger partial charge in [0.15, 0.2) is 16.3 Å². The zero-order valence-corrected chi connectivity index (χ0v) is 16.9. The smallest absolute Gasteiger partial charge is 0.292 e. The van der Waals surface area contributed by atoms with Gasteiger partial charge in [-0.3, -0.25) is 4.79 Å². The van der Waals surface area contributed by atoms with Crippen LogP contribution in [0.4, 0.5) is 0 Å². The molecule has 6 nitrogen and oxygen atoms in total. The van der Waals surface area contributed by atoms with Crippen molar-refractivity contribution in [1.29, 1.82) is 0 Å². The van der Waals surface area contributed by atoms with Gasteiger partial charge in [0.05, 0.1) is 11.8 Å². The molecule has 0 aliphatic carbocycles. The van der Waals surface area contributed by atoms with Gasteiger partial charge < -0.3 is 18.8 Å². The molecule has 2 aromatic carbocycles. The van der Waals surface area contributed by atoms with E-state index in [1.54, 1.807) is 13.2 Å². The highest BCUT2D eigenvalue weighted by Gasteiger charge is 2.27. The molecule has 0 bridgehead atoms. The molecule has 7 heteroatoms. The van der Waals surface area contributed by atoms with Gasteiger partial charge >= 0.3 is 0 Å². The average molecular weight is 398 g/mol. The van der Waals surface area contributed by atoms with E-state index in [-0.39, 0.29) is 12.5 Å². The maximum atomic E-state index is 12.8. The number of benzene rings is 2. The Balaban J connectivity index is 1.76. The molecular weight excluding hydrogens is 376 g/mol. The first-order valence-corrected chi connectivity index (χ1v) is 10.1. The van der Waals surface area contributed by atoms with Crippen LogP contribution in [0.1, 0.15) is 18.9 Å². The average Bonchev–Trinajstić information content (AvgIpc) is 3.07. The number of para-hydroxylation sites is 2. The minimum Gasteiger partial charge on any atom is -0.495 e. The molecule has 1 aromatic heterocycles. The number of aromatic nitrogens is 1. The molecule has 146 valence electrons. The molecule has 4 rings (SSSR count). The Morgan fingerprint density at radius 2 is 2.07 bits per heavy atom. The Morgan fingerprint density at radius 3 is 2.82 bits per heavy atom. The van der Waals surface area contributed by atoms with E-state index in [9.17, 15) is 4.79 Å². The monoisotopic (exact) mass is 398 g/mol. The Morgan fingerprint density at radius 1 is 1.29 bits per heavy atom. The van der Waals surface area contributed by atoms with E-state index in [2.05, 4.69) is 23.4 Å². The first-order chi connectivity index (χ1) is 13.6. The third kappa shape index (κ3) is 3.26. The molecule has 2 heterocycles. The number of rotatable bonds is 4. The van der Waals surface area contributed by atoms with Gasteiger partial charge in [-0.2, -0.15) is 4.99 Å². The Hall–Kier alpha value is -2.80. The van der Waals surface area contributed by atoms with Crippen molar-refractivity contribution in [3.05, 3.63) is 46.8 Å². The summed E-state index contributed by atoms with van der Waals surface area (Å²) in [6.07, 6.45) is 0.166. The first kappa shape index (κ1) is 18.6. The summed E-state index contributed by atoms with van der Waals surface area (Å²) in [6.45, 7) is 5.05. The van der Waals surface area contributed by atoms with Crippen LogP contribution in [-0.4, -0.2) is 30.3 Å². The van der Waals surface area contributed by atoms with Gasteiger partial charge in [-0.25, -0.2) is 0 Å². The lowest BCUT2D eigenvalue weighted by atomic mass is 10.2. The highest BCUT2D eigenvalue weighted by atomic mass is 32.1. The molecular formula is C21H22N2O4S. The number of thiazole rings is 1. The maximum Gasteiger partial charge on any atom is 0.292 e.